The maximum Gasteiger partial charge on any atom is 0.325 e. The minimum Gasteiger partial charge on any atom is -0.469 e. The Bertz CT molecular complexity index is 778. The van der Waals surface area contributed by atoms with Crippen LogP contribution in [0.2, 0.25) is 0 Å². The van der Waals surface area contributed by atoms with Crippen LogP contribution >= 0.6 is 0 Å². The molecule has 8 nitrogen and oxygen atoms in total. The van der Waals surface area contributed by atoms with Crippen LogP contribution in [0.3, 0.4) is 0 Å². The molecule has 2 aliphatic rings. The molecule has 1 heterocycles. The minimum absolute atomic E-state index is 0.194. The van der Waals surface area contributed by atoms with Crippen LogP contribution in [-0.4, -0.2) is 48.9 Å². The van der Waals surface area contributed by atoms with Crippen LogP contribution < -0.4 is 10.6 Å². The van der Waals surface area contributed by atoms with Gasteiger partial charge >= 0.3 is 12.0 Å². The van der Waals surface area contributed by atoms with E-state index >= 15 is 0 Å². The predicted molar refractivity (Wildman–Crippen MR) is 95.6 cm³/mol. The van der Waals surface area contributed by atoms with Crippen LogP contribution in [0, 0.1) is 0 Å². The number of carbonyl (C=O) groups excluding carboxylic acids is 4. The first-order chi connectivity index (χ1) is 13.0. The van der Waals surface area contributed by atoms with E-state index in [0.717, 1.165) is 28.9 Å². The van der Waals surface area contributed by atoms with Gasteiger partial charge in [-0.25, -0.2) is 4.79 Å². The zero-order chi connectivity index (χ0) is 19.4. The van der Waals surface area contributed by atoms with E-state index in [0.29, 0.717) is 12.8 Å². The van der Waals surface area contributed by atoms with Crippen molar-refractivity contribution in [2.75, 3.05) is 20.2 Å². The molecule has 1 spiro atoms. The highest BCUT2D eigenvalue weighted by Gasteiger charge is 2.54. The maximum absolute atomic E-state index is 13.1. The molecule has 0 unspecified atom stereocenters. The summed E-state index contributed by atoms with van der Waals surface area (Å²) in [6.07, 6.45) is 2.79. The smallest absolute Gasteiger partial charge is 0.325 e. The third-order valence-electron chi connectivity index (χ3n) is 5.06. The zero-order valence-electron chi connectivity index (χ0n) is 15.2. The molecule has 4 amide bonds. The summed E-state index contributed by atoms with van der Waals surface area (Å²) >= 11 is 0. The number of amides is 4. The number of fused-ring (bicyclic) bond motifs is 2. The van der Waals surface area contributed by atoms with Gasteiger partial charge in [-0.15, -0.1) is 0 Å². The van der Waals surface area contributed by atoms with Crippen LogP contribution in [0.1, 0.15) is 36.8 Å². The second-order valence-electron chi connectivity index (χ2n) is 6.77. The molecule has 144 valence electrons. The van der Waals surface area contributed by atoms with Crippen molar-refractivity contribution in [3.63, 3.8) is 0 Å². The molecular formula is C19H23N3O5. The number of esters is 1. The van der Waals surface area contributed by atoms with Crippen molar-refractivity contribution in [3.8, 4) is 0 Å². The highest BCUT2D eigenvalue weighted by atomic mass is 16.5. The van der Waals surface area contributed by atoms with Crippen molar-refractivity contribution in [2.45, 2.75) is 37.6 Å². The number of aryl methyl sites for hydroxylation is 1. The fraction of sp³-hybridized carbons (Fsp3) is 0.474. The first kappa shape index (κ1) is 18.9. The van der Waals surface area contributed by atoms with Gasteiger partial charge in [-0.2, -0.15) is 0 Å². The van der Waals surface area contributed by atoms with Gasteiger partial charge in [0.15, 0.2) is 0 Å². The fourth-order valence-electron chi connectivity index (χ4n) is 3.72. The molecule has 1 aliphatic heterocycles. The van der Waals surface area contributed by atoms with Gasteiger partial charge in [-0.05, 0) is 36.8 Å². The highest BCUT2D eigenvalue weighted by molar-refractivity contribution is 6.09. The summed E-state index contributed by atoms with van der Waals surface area (Å²) in [6.45, 7) is -0.0711. The molecule has 1 aromatic carbocycles. The first-order valence-corrected chi connectivity index (χ1v) is 9.04. The molecule has 0 saturated carbocycles. The number of hydrogen-bond donors (Lipinski definition) is 2. The standard InChI is InChI=1S/C19H23N3O5/c1-27-16(24)9-5-11-20-15(23)12-22-17(25)19(21-18(22)26)10-4-7-13-6-2-3-8-14(13)19/h2-3,6,8H,4-5,7,9-12H2,1H3,(H,20,23)(H,21,26)/t19-/m0/s1. The van der Waals surface area contributed by atoms with Crippen LogP contribution in [0.15, 0.2) is 24.3 Å². The summed E-state index contributed by atoms with van der Waals surface area (Å²) in [7, 11) is 1.30. The number of urea groups is 1. The van der Waals surface area contributed by atoms with E-state index in [2.05, 4.69) is 15.4 Å². The lowest BCUT2D eigenvalue weighted by atomic mass is 9.76. The third kappa shape index (κ3) is 3.65. The quantitative estimate of drug-likeness (QED) is 0.437. The highest BCUT2D eigenvalue weighted by Crippen LogP contribution is 2.39. The Hall–Kier alpha value is -2.90. The lowest BCUT2D eigenvalue weighted by molar-refractivity contribution is -0.140. The van der Waals surface area contributed by atoms with Crippen LogP contribution in [-0.2, 0) is 31.1 Å². The summed E-state index contributed by atoms with van der Waals surface area (Å²) in [5, 5.41) is 5.44. The number of nitrogens with zero attached hydrogens (tertiary/aromatic N) is 1. The summed E-state index contributed by atoms with van der Waals surface area (Å²) in [5.74, 6) is -1.18. The SMILES string of the molecule is COC(=O)CCCNC(=O)CN1C(=O)N[C@]2(CCCc3ccccc32)C1=O. The molecule has 27 heavy (non-hydrogen) atoms. The normalized spacial score (nSPS) is 21.0. The third-order valence-corrected chi connectivity index (χ3v) is 5.06. The molecule has 1 aromatic rings. The van der Waals surface area contributed by atoms with Gasteiger partial charge < -0.3 is 15.4 Å². The Morgan fingerprint density at radius 3 is 2.85 bits per heavy atom. The number of ether oxygens (including phenoxy) is 1. The van der Waals surface area contributed by atoms with Gasteiger partial charge in [0.1, 0.15) is 12.1 Å². The Morgan fingerprint density at radius 2 is 2.07 bits per heavy atom. The molecule has 8 heteroatoms. The number of imide groups is 1. The lowest BCUT2D eigenvalue weighted by Gasteiger charge is -2.33. The van der Waals surface area contributed by atoms with Gasteiger partial charge in [0, 0.05) is 13.0 Å². The molecule has 1 atom stereocenters. The number of benzene rings is 1. The zero-order valence-corrected chi connectivity index (χ0v) is 15.2. The molecular weight excluding hydrogens is 350 g/mol. The Morgan fingerprint density at radius 1 is 1.30 bits per heavy atom. The summed E-state index contributed by atoms with van der Waals surface area (Å²) in [4.78, 5) is 49.6. The van der Waals surface area contributed by atoms with Gasteiger partial charge in [0.05, 0.1) is 7.11 Å². The van der Waals surface area contributed by atoms with Crippen molar-refractivity contribution in [3.05, 3.63) is 35.4 Å². The van der Waals surface area contributed by atoms with Crippen LogP contribution in [0.5, 0.6) is 0 Å². The van der Waals surface area contributed by atoms with E-state index in [1.165, 1.54) is 7.11 Å². The Balaban J connectivity index is 1.64. The molecule has 1 saturated heterocycles. The number of rotatable bonds is 6. The average molecular weight is 373 g/mol. The summed E-state index contributed by atoms with van der Waals surface area (Å²) < 4.78 is 4.53. The molecule has 1 fully saturated rings. The number of hydrogen-bond acceptors (Lipinski definition) is 5. The van der Waals surface area contributed by atoms with Crippen molar-refractivity contribution >= 4 is 23.8 Å². The molecule has 0 radical (unpaired) electrons. The van der Waals surface area contributed by atoms with Crippen molar-refractivity contribution < 1.29 is 23.9 Å². The van der Waals surface area contributed by atoms with E-state index in [1.54, 1.807) is 0 Å². The van der Waals surface area contributed by atoms with Gasteiger partial charge in [-0.1, -0.05) is 24.3 Å². The van der Waals surface area contributed by atoms with Gasteiger partial charge in [0.2, 0.25) is 5.91 Å². The number of methoxy groups -OCH3 is 1. The van der Waals surface area contributed by atoms with E-state index in [1.807, 2.05) is 24.3 Å². The van der Waals surface area contributed by atoms with Crippen LogP contribution in [0.25, 0.3) is 0 Å². The largest absolute Gasteiger partial charge is 0.469 e. The Kier molecular flexibility index (Phi) is 5.43. The monoisotopic (exact) mass is 373 g/mol. The van der Waals surface area contributed by atoms with E-state index in [4.69, 9.17) is 0 Å². The molecule has 3 rings (SSSR count). The second kappa shape index (κ2) is 7.77. The summed E-state index contributed by atoms with van der Waals surface area (Å²) in [5.41, 5.74) is 0.791. The van der Waals surface area contributed by atoms with Crippen LogP contribution in [0.4, 0.5) is 4.79 Å². The summed E-state index contributed by atoms with van der Waals surface area (Å²) in [6, 6.07) is 7.04. The second-order valence-corrected chi connectivity index (χ2v) is 6.77. The molecule has 0 aromatic heterocycles. The number of nitrogens with one attached hydrogen (secondary N) is 2. The van der Waals surface area contributed by atoms with Crippen molar-refractivity contribution in [2.24, 2.45) is 0 Å². The fourth-order valence-corrected chi connectivity index (χ4v) is 3.72. The molecule has 1 aliphatic carbocycles. The van der Waals surface area contributed by atoms with Gasteiger partial charge in [-0.3, -0.25) is 19.3 Å². The maximum atomic E-state index is 13.1. The topological polar surface area (TPSA) is 105 Å². The molecule has 2 N–H and O–H groups in total. The number of carbonyl (C=O) groups is 4. The minimum atomic E-state index is -1.07. The molecule has 0 bridgehead atoms. The lowest BCUT2D eigenvalue weighted by Crippen LogP contribution is -2.47. The van der Waals surface area contributed by atoms with Crippen molar-refractivity contribution in [1.82, 2.24) is 15.5 Å². The van der Waals surface area contributed by atoms with Gasteiger partial charge in [0.25, 0.3) is 5.91 Å². The Labute approximate surface area is 157 Å². The predicted octanol–water partition coefficient (Wildman–Crippen LogP) is 0.839. The van der Waals surface area contributed by atoms with E-state index in [9.17, 15) is 19.2 Å². The van der Waals surface area contributed by atoms with Crippen molar-refractivity contribution in [1.29, 1.82) is 0 Å². The first-order valence-electron chi connectivity index (χ1n) is 9.04. The average Bonchev–Trinajstić information content (AvgIpc) is 2.90. The van der Waals surface area contributed by atoms with E-state index < -0.39 is 17.5 Å². The van der Waals surface area contributed by atoms with E-state index in [-0.39, 0.29) is 31.4 Å².